The Morgan fingerprint density at radius 2 is 1.91 bits per heavy atom. The van der Waals surface area contributed by atoms with Crippen LogP contribution in [0.4, 0.5) is 5.00 Å². The van der Waals surface area contributed by atoms with E-state index in [9.17, 15) is 0 Å². The first-order valence-electron chi connectivity index (χ1n) is 12.2. The van der Waals surface area contributed by atoms with Crippen molar-refractivity contribution in [2.75, 3.05) is 24.8 Å². The van der Waals surface area contributed by atoms with E-state index >= 15 is 0 Å². The highest BCUT2D eigenvalue weighted by atomic mass is 32.1. The number of hydrogen-bond donors (Lipinski definition) is 0. The number of nitrogens with zero attached hydrogens (tertiary/aromatic N) is 5. The molecule has 0 spiro atoms. The molecule has 2 bridgehead atoms. The van der Waals surface area contributed by atoms with Crippen molar-refractivity contribution < 1.29 is 9.47 Å². The van der Waals surface area contributed by atoms with Crippen LogP contribution >= 0.6 is 11.5 Å². The molecule has 1 saturated heterocycles. The van der Waals surface area contributed by atoms with Gasteiger partial charge in [-0.3, -0.25) is 0 Å². The highest BCUT2D eigenvalue weighted by Gasteiger charge is 2.43. The van der Waals surface area contributed by atoms with E-state index in [-0.39, 0.29) is 5.92 Å². The summed E-state index contributed by atoms with van der Waals surface area (Å²) >= 11 is 1.65. The fourth-order valence-electron chi connectivity index (χ4n) is 6.49. The molecule has 5 heterocycles. The van der Waals surface area contributed by atoms with E-state index in [1.165, 1.54) is 23.4 Å². The van der Waals surface area contributed by atoms with Crippen molar-refractivity contribution in [2.24, 2.45) is 17.8 Å². The standard InChI is InChI=1S/C25H29N5O2S/c1-15-9-24(33-28-15)29-12-17-4-5-18(13-29)20(17)11-23-26-25-19(3-2-8-30(25)27-23)16-6-7-21-22(10-16)32-14-31-21/h6-7,9-10,17-20H,2-5,8,11-14H2,1H3/t17-,18+,19?,20?. The Hall–Kier alpha value is -2.61. The van der Waals surface area contributed by atoms with Crippen LogP contribution in [-0.2, 0) is 13.0 Å². The van der Waals surface area contributed by atoms with Crippen LogP contribution in [-0.4, -0.2) is 39.0 Å². The summed E-state index contributed by atoms with van der Waals surface area (Å²) in [6, 6.07) is 8.57. The van der Waals surface area contributed by atoms with Gasteiger partial charge in [0.2, 0.25) is 6.79 Å². The van der Waals surface area contributed by atoms with Crippen molar-refractivity contribution in [3.8, 4) is 11.5 Å². The van der Waals surface area contributed by atoms with E-state index in [0.29, 0.717) is 12.7 Å². The monoisotopic (exact) mass is 463 g/mol. The smallest absolute Gasteiger partial charge is 0.231 e. The second kappa shape index (κ2) is 7.72. The molecule has 3 aliphatic heterocycles. The molecule has 8 heteroatoms. The number of aromatic nitrogens is 4. The van der Waals surface area contributed by atoms with Crippen LogP contribution in [0.3, 0.4) is 0 Å². The largest absolute Gasteiger partial charge is 0.454 e. The fourth-order valence-corrected chi connectivity index (χ4v) is 7.27. The van der Waals surface area contributed by atoms with Gasteiger partial charge in [-0.25, -0.2) is 9.67 Å². The number of benzene rings is 1. The quantitative estimate of drug-likeness (QED) is 0.571. The zero-order valence-corrected chi connectivity index (χ0v) is 19.8. The Labute approximate surface area is 197 Å². The topological polar surface area (TPSA) is 65.3 Å². The molecular weight excluding hydrogens is 434 g/mol. The fraction of sp³-hybridized carbons (Fsp3) is 0.560. The number of rotatable bonds is 4. The summed E-state index contributed by atoms with van der Waals surface area (Å²) in [6.45, 7) is 5.67. The molecule has 0 radical (unpaired) electrons. The molecule has 33 heavy (non-hydrogen) atoms. The van der Waals surface area contributed by atoms with Gasteiger partial charge in [0.1, 0.15) is 10.8 Å². The summed E-state index contributed by atoms with van der Waals surface area (Å²) in [4.78, 5) is 7.71. The molecule has 7 rings (SSSR count). The maximum atomic E-state index is 5.62. The molecule has 4 atom stereocenters. The molecule has 172 valence electrons. The summed E-state index contributed by atoms with van der Waals surface area (Å²) in [5.74, 6) is 6.30. The zero-order valence-electron chi connectivity index (χ0n) is 18.9. The lowest BCUT2D eigenvalue weighted by Gasteiger charge is -2.38. The average molecular weight is 464 g/mol. The van der Waals surface area contributed by atoms with Crippen molar-refractivity contribution in [2.45, 2.75) is 51.5 Å². The lowest BCUT2D eigenvalue weighted by atomic mass is 9.82. The molecule has 1 aromatic carbocycles. The summed E-state index contributed by atoms with van der Waals surface area (Å²) in [6.07, 6.45) is 5.91. The first-order valence-corrected chi connectivity index (χ1v) is 13.0. The lowest BCUT2D eigenvalue weighted by Crippen LogP contribution is -2.42. The highest BCUT2D eigenvalue weighted by molar-refractivity contribution is 7.10. The minimum Gasteiger partial charge on any atom is -0.454 e. The predicted molar refractivity (Wildman–Crippen MR) is 126 cm³/mol. The predicted octanol–water partition coefficient (Wildman–Crippen LogP) is 4.40. The Kier molecular flexibility index (Phi) is 4.64. The van der Waals surface area contributed by atoms with E-state index in [0.717, 1.165) is 79.6 Å². The average Bonchev–Trinajstić information content (AvgIpc) is 3.59. The van der Waals surface area contributed by atoms with Crippen LogP contribution in [0.1, 0.15) is 54.5 Å². The number of aryl methyl sites for hydroxylation is 2. The normalized spacial score (nSPS) is 27.7. The summed E-state index contributed by atoms with van der Waals surface area (Å²) in [5.41, 5.74) is 2.39. The van der Waals surface area contributed by atoms with Crippen molar-refractivity contribution in [1.29, 1.82) is 0 Å². The molecule has 2 unspecified atom stereocenters. The first-order chi connectivity index (χ1) is 16.2. The molecule has 1 aliphatic carbocycles. The van der Waals surface area contributed by atoms with E-state index in [2.05, 4.69) is 39.1 Å². The van der Waals surface area contributed by atoms with Gasteiger partial charge in [0, 0.05) is 32.0 Å². The van der Waals surface area contributed by atoms with Crippen molar-refractivity contribution in [3.05, 3.63) is 47.2 Å². The minimum atomic E-state index is 0.280. The van der Waals surface area contributed by atoms with Gasteiger partial charge >= 0.3 is 0 Å². The molecular formula is C25H29N5O2S. The maximum absolute atomic E-state index is 5.62. The highest BCUT2D eigenvalue weighted by Crippen LogP contribution is 2.45. The number of anilines is 1. The van der Waals surface area contributed by atoms with Gasteiger partial charge in [-0.15, -0.1) is 0 Å². The number of piperidine rings is 1. The van der Waals surface area contributed by atoms with Crippen LogP contribution < -0.4 is 14.4 Å². The van der Waals surface area contributed by atoms with Gasteiger partial charge < -0.3 is 14.4 Å². The number of fused-ring (bicyclic) bond motifs is 4. The number of hydrogen-bond acceptors (Lipinski definition) is 7. The van der Waals surface area contributed by atoms with E-state index in [1.54, 1.807) is 11.5 Å². The summed E-state index contributed by atoms with van der Waals surface area (Å²) in [5, 5.41) is 6.34. The minimum absolute atomic E-state index is 0.280. The van der Waals surface area contributed by atoms with Gasteiger partial charge in [-0.2, -0.15) is 9.47 Å². The summed E-state index contributed by atoms with van der Waals surface area (Å²) < 4.78 is 17.8. The molecule has 1 saturated carbocycles. The Bertz CT molecular complexity index is 1180. The van der Waals surface area contributed by atoms with Crippen molar-refractivity contribution >= 4 is 16.5 Å². The molecule has 7 nitrogen and oxygen atoms in total. The van der Waals surface area contributed by atoms with Crippen molar-refractivity contribution in [1.82, 2.24) is 19.1 Å². The molecule has 3 aromatic rings. The Morgan fingerprint density at radius 3 is 2.73 bits per heavy atom. The third-order valence-corrected chi connectivity index (χ3v) is 9.03. The van der Waals surface area contributed by atoms with Crippen LogP contribution in [0, 0.1) is 24.7 Å². The van der Waals surface area contributed by atoms with Gasteiger partial charge in [-0.1, -0.05) is 6.07 Å². The first kappa shape index (κ1) is 19.8. The molecule has 0 amide bonds. The Morgan fingerprint density at radius 1 is 1.06 bits per heavy atom. The maximum Gasteiger partial charge on any atom is 0.231 e. The van der Waals surface area contributed by atoms with Gasteiger partial charge in [0.15, 0.2) is 17.3 Å². The second-order valence-corrected chi connectivity index (χ2v) is 10.9. The van der Waals surface area contributed by atoms with Gasteiger partial charge in [0.25, 0.3) is 0 Å². The SMILES string of the molecule is Cc1cc(N2C[C@H]3CC[C@@H](C2)C3Cc2nc3n(n2)CCCC3c2ccc3c(c2)OCO3)sn1. The molecule has 2 aromatic heterocycles. The van der Waals surface area contributed by atoms with E-state index in [4.69, 9.17) is 19.6 Å². The summed E-state index contributed by atoms with van der Waals surface area (Å²) in [7, 11) is 0. The van der Waals surface area contributed by atoms with Gasteiger partial charge in [-0.05, 0) is 85.7 Å². The van der Waals surface area contributed by atoms with Crippen LogP contribution in [0.2, 0.25) is 0 Å². The molecule has 2 fully saturated rings. The molecule has 4 aliphatic rings. The van der Waals surface area contributed by atoms with Crippen LogP contribution in [0.25, 0.3) is 0 Å². The van der Waals surface area contributed by atoms with Crippen LogP contribution in [0.15, 0.2) is 24.3 Å². The van der Waals surface area contributed by atoms with E-state index < -0.39 is 0 Å². The van der Waals surface area contributed by atoms with E-state index in [1.807, 2.05) is 6.07 Å². The van der Waals surface area contributed by atoms with Crippen LogP contribution in [0.5, 0.6) is 11.5 Å². The van der Waals surface area contributed by atoms with Crippen molar-refractivity contribution in [3.63, 3.8) is 0 Å². The van der Waals surface area contributed by atoms with Gasteiger partial charge in [0.05, 0.1) is 5.69 Å². The lowest BCUT2D eigenvalue weighted by molar-refractivity contribution is 0.174. The Balaban J connectivity index is 1.11. The second-order valence-electron chi connectivity index (χ2n) is 10.1. The number of ether oxygens (including phenoxy) is 2. The molecule has 0 N–H and O–H groups in total. The third-order valence-electron chi connectivity index (χ3n) is 8.09. The third kappa shape index (κ3) is 3.41. The zero-order chi connectivity index (χ0) is 21.9.